The van der Waals surface area contributed by atoms with Crippen molar-refractivity contribution < 1.29 is 23.0 Å². The Hall–Kier alpha value is -2.96. The molecule has 1 N–H and O–H groups in total. The van der Waals surface area contributed by atoms with E-state index in [1.807, 2.05) is 0 Å². The molecule has 23 heavy (non-hydrogen) atoms. The summed E-state index contributed by atoms with van der Waals surface area (Å²) in [7, 11) is 1.54. The average molecular weight is 320 g/mol. The number of rotatable bonds is 6. The van der Waals surface area contributed by atoms with Crippen molar-refractivity contribution in [3.05, 3.63) is 59.7 Å². The van der Waals surface area contributed by atoms with Crippen LogP contribution in [-0.2, 0) is 0 Å². The number of alkyl halides is 2. The number of methoxy groups -OCH3 is 1. The highest BCUT2D eigenvalue weighted by molar-refractivity contribution is 5.95. The zero-order valence-corrected chi connectivity index (χ0v) is 12.2. The van der Waals surface area contributed by atoms with Gasteiger partial charge in [0.2, 0.25) is 0 Å². The molecular formula is C16H14F2N2O3. The van der Waals surface area contributed by atoms with E-state index in [1.54, 1.807) is 36.4 Å². The summed E-state index contributed by atoms with van der Waals surface area (Å²) >= 11 is 0. The molecule has 2 aromatic rings. The van der Waals surface area contributed by atoms with Gasteiger partial charge in [0, 0.05) is 5.56 Å². The van der Waals surface area contributed by atoms with Crippen LogP contribution >= 0.6 is 0 Å². The fourth-order valence-electron chi connectivity index (χ4n) is 1.71. The first kappa shape index (κ1) is 16.4. The summed E-state index contributed by atoms with van der Waals surface area (Å²) in [5, 5.41) is 3.81. The van der Waals surface area contributed by atoms with Gasteiger partial charge in [0.25, 0.3) is 5.91 Å². The second-order valence-corrected chi connectivity index (χ2v) is 4.38. The van der Waals surface area contributed by atoms with Gasteiger partial charge in [-0.25, -0.2) is 5.43 Å². The normalized spacial score (nSPS) is 10.8. The van der Waals surface area contributed by atoms with Crippen molar-refractivity contribution in [3.63, 3.8) is 0 Å². The van der Waals surface area contributed by atoms with E-state index in [0.717, 1.165) is 0 Å². The molecule has 0 atom stereocenters. The van der Waals surface area contributed by atoms with Gasteiger partial charge in [-0.05, 0) is 54.1 Å². The van der Waals surface area contributed by atoms with E-state index in [1.165, 1.54) is 25.5 Å². The predicted octanol–water partition coefficient (Wildman–Crippen LogP) is 3.06. The third kappa shape index (κ3) is 5.06. The lowest BCUT2D eigenvalue weighted by Crippen LogP contribution is -2.17. The number of halogens is 2. The Labute approximate surface area is 131 Å². The first-order valence-electron chi connectivity index (χ1n) is 6.61. The molecule has 0 heterocycles. The van der Waals surface area contributed by atoms with Crippen LogP contribution in [0.15, 0.2) is 53.6 Å². The summed E-state index contributed by atoms with van der Waals surface area (Å²) in [4.78, 5) is 11.8. The van der Waals surface area contributed by atoms with Crippen LogP contribution in [0.1, 0.15) is 15.9 Å². The summed E-state index contributed by atoms with van der Waals surface area (Å²) in [5.74, 6) is 0.331. The number of amides is 1. The lowest BCUT2D eigenvalue weighted by molar-refractivity contribution is -0.0498. The fraction of sp³-hybridized carbons (Fsp3) is 0.125. The SMILES string of the molecule is COc1ccc(C(=O)N/N=C\c2ccc(OC(F)F)cc2)cc1. The molecule has 2 rings (SSSR count). The monoisotopic (exact) mass is 320 g/mol. The summed E-state index contributed by atoms with van der Waals surface area (Å²) in [6.45, 7) is -2.86. The van der Waals surface area contributed by atoms with Gasteiger partial charge < -0.3 is 9.47 Å². The Morgan fingerprint density at radius 3 is 2.26 bits per heavy atom. The first-order chi connectivity index (χ1) is 11.1. The average Bonchev–Trinajstić information content (AvgIpc) is 2.56. The van der Waals surface area contributed by atoms with Crippen LogP contribution in [0.25, 0.3) is 0 Å². The smallest absolute Gasteiger partial charge is 0.387 e. The predicted molar refractivity (Wildman–Crippen MR) is 81.1 cm³/mol. The van der Waals surface area contributed by atoms with Crippen molar-refractivity contribution >= 4 is 12.1 Å². The molecule has 0 aliphatic carbocycles. The second kappa shape index (κ2) is 7.88. The van der Waals surface area contributed by atoms with E-state index >= 15 is 0 Å². The third-order valence-electron chi connectivity index (χ3n) is 2.84. The Morgan fingerprint density at radius 2 is 1.70 bits per heavy atom. The van der Waals surface area contributed by atoms with Crippen LogP contribution in [-0.4, -0.2) is 25.8 Å². The number of hydrogen-bond donors (Lipinski definition) is 1. The number of carbonyl (C=O) groups is 1. The highest BCUT2D eigenvalue weighted by Gasteiger charge is 2.04. The molecule has 0 aliphatic rings. The van der Waals surface area contributed by atoms with E-state index in [4.69, 9.17) is 4.74 Å². The lowest BCUT2D eigenvalue weighted by atomic mass is 10.2. The van der Waals surface area contributed by atoms with Gasteiger partial charge in [-0.3, -0.25) is 4.79 Å². The van der Waals surface area contributed by atoms with Crippen molar-refractivity contribution in [1.29, 1.82) is 0 Å². The molecule has 0 radical (unpaired) electrons. The zero-order valence-electron chi connectivity index (χ0n) is 12.2. The summed E-state index contributed by atoms with van der Waals surface area (Å²) in [5.41, 5.74) is 3.43. The highest BCUT2D eigenvalue weighted by atomic mass is 19.3. The second-order valence-electron chi connectivity index (χ2n) is 4.38. The molecule has 1 amide bonds. The molecule has 5 nitrogen and oxygen atoms in total. The van der Waals surface area contributed by atoms with Crippen molar-refractivity contribution in [1.82, 2.24) is 5.43 Å². The van der Waals surface area contributed by atoms with Crippen LogP contribution in [0.3, 0.4) is 0 Å². The van der Waals surface area contributed by atoms with E-state index in [-0.39, 0.29) is 11.7 Å². The minimum atomic E-state index is -2.86. The number of nitrogens with one attached hydrogen (secondary N) is 1. The number of benzene rings is 2. The number of nitrogens with zero attached hydrogens (tertiary/aromatic N) is 1. The van der Waals surface area contributed by atoms with E-state index in [9.17, 15) is 13.6 Å². The quantitative estimate of drug-likeness (QED) is 0.657. The van der Waals surface area contributed by atoms with Gasteiger partial charge in [-0.15, -0.1) is 0 Å². The molecule has 0 aromatic heterocycles. The molecule has 0 fully saturated rings. The van der Waals surface area contributed by atoms with Crippen LogP contribution < -0.4 is 14.9 Å². The van der Waals surface area contributed by atoms with Crippen molar-refractivity contribution in [3.8, 4) is 11.5 Å². The van der Waals surface area contributed by atoms with Crippen LogP contribution in [0.4, 0.5) is 8.78 Å². The van der Waals surface area contributed by atoms with Crippen LogP contribution in [0, 0.1) is 0 Å². The van der Waals surface area contributed by atoms with E-state index in [0.29, 0.717) is 16.9 Å². The Balaban J connectivity index is 1.91. The van der Waals surface area contributed by atoms with Gasteiger partial charge in [0.15, 0.2) is 0 Å². The maximum Gasteiger partial charge on any atom is 0.387 e. The maximum absolute atomic E-state index is 12.0. The summed E-state index contributed by atoms with van der Waals surface area (Å²) < 4.78 is 33.3. The lowest BCUT2D eigenvalue weighted by Gasteiger charge is -2.04. The molecule has 7 heteroatoms. The molecule has 0 bridgehead atoms. The number of ether oxygens (including phenoxy) is 2. The van der Waals surface area contributed by atoms with Gasteiger partial charge in [0.05, 0.1) is 13.3 Å². The Bertz CT molecular complexity index is 671. The van der Waals surface area contributed by atoms with Crippen molar-refractivity contribution in [2.45, 2.75) is 6.61 Å². The summed E-state index contributed by atoms with van der Waals surface area (Å²) in [6.07, 6.45) is 1.40. The standard InChI is InChI=1S/C16H14F2N2O3/c1-22-13-8-4-12(5-9-13)15(21)20-19-10-11-2-6-14(7-3-11)23-16(17)18/h2-10,16H,1H3,(H,20,21)/b19-10-. The van der Waals surface area contributed by atoms with E-state index < -0.39 is 6.61 Å². The molecule has 0 aliphatic heterocycles. The molecule has 0 saturated carbocycles. The van der Waals surface area contributed by atoms with Gasteiger partial charge in [-0.2, -0.15) is 13.9 Å². The van der Waals surface area contributed by atoms with Crippen LogP contribution in [0.5, 0.6) is 11.5 Å². The number of carbonyl (C=O) groups excluding carboxylic acids is 1. The Kier molecular flexibility index (Phi) is 5.62. The minimum Gasteiger partial charge on any atom is -0.497 e. The molecular weight excluding hydrogens is 306 g/mol. The third-order valence-corrected chi connectivity index (χ3v) is 2.84. The first-order valence-corrected chi connectivity index (χ1v) is 6.61. The molecule has 0 spiro atoms. The molecule has 0 unspecified atom stereocenters. The van der Waals surface area contributed by atoms with Gasteiger partial charge in [0.1, 0.15) is 11.5 Å². The molecule has 120 valence electrons. The van der Waals surface area contributed by atoms with Crippen molar-refractivity contribution in [2.75, 3.05) is 7.11 Å². The minimum absolute atomic E-state index is 0.0550. The zero-order chi connectivity index (χ0) is 16.7. The molecule has 0 saturated heterocycles. The summed E-state index contributed by atoms with van der Waals surface area (Å²) in [6, 6.07) is 12.4. The topological polar surface area (TPSA) is 59.9 Å². The fourth-order valence-corrected chi connectivity index (χ4v) is 1.71. The number of hydrogen-bond acceptors (Lipinski definition) is 4. The van der Waals surface area contributed by atoms with Crippen LogP contribution in [0.2, 0.25) is 0 Å². The van der Waals surface area contributed by atoms with Gasteiger partial charge in [-0.1, -0.05) is 0 Å². The van der Waals surface area contributed by atoms with Gasteiger partial charge >= 0.3 is 6.61 Å². The van der Waals surface area contributed by atoms with E-state index in [2.05, 4.69) is 15.3 Å². The highest BCUT2D eigenvalue weighted by Crippen LogP contribution is 2.14. The molecule has 2 aromatic carbocycles. The van der Waals surface area contributed by atoms with Crippen molar-refractivity contribution in [2.24, 2.45) is 5.10 Å². The number of hydrazone groups is 1. The maximum atomic E-state index is 12.0. The largest absolute Gasteiger partial charge is 0.497 e. The Morgan fingerprint density at radius 1 is 1.09 bits per heavy atom.